The van der Waals surface area contributed by atoms with E-state index in [1.165, 1.54) is 6.20 Å². The summed E-state index contributed by atoms with van der Waals surface area (Å²) in [5.41, 5.74) is 6.20. The molecular formula is C8H9BrF2N2. The van der Waals surface area contributed by atoms with E-state index in [-0.39, 0.29) is 6.42 Å². The Hall–Kier alpha value is -0.550. The van der Waals surface area contributed by atoms with Crippen molar-refractivity contribution < 1.29 is 8.78 Å². The molecule has 1 rings (SSSR count). The van der Waals surface area contributed by atoms with Crippen LogP contribution in [0.25, 0.3) is 0 Å². The van der Waals surface area contributed by atoms with Crippen LogP contribution >= 0.6 is 15.9 Å². The fourth-order valence-corrected chi connectivity index (χ4v) is 1.36. The molecule has 1 aromatic heterocycles. The molecule has 1 atom stereocenters. The van der Waals surface area contributed by atoms with E-state index in [1.54, 1.807) is 12.1 Å². The van der Waals surface area contributed by atoms with E-state index in [2.05, 4.69) is 20.9 Å². The Kier molecular flexibility index (Phi) is 3.74. The standard InChI is InChI=1S/C8H9BrF2N2/c9-7-3-5(1-2-13-7)6(12)4-8(10)11/h1-3,6,8H,4,12H2/t6-/m0/s1. The molecule has 2 nitrogen and oxygen atoms in total. The molecule has 1 aromatic rings. The minimum absolute atomic E-state index is 0.323. The Morgan fingerprint density at radius 3 is 2.77 bits per heavy atom. The monoisotopic (exact) mass is 250 g/mol. The smallest absolute Gasteiger partial charge is 0.240 e. The minimum Gasteiger partial charge on any atom is -0.324 e. The molecule has 0 aliphatic heterocycles. The quantitative estimate of drug-likeness (QED) is 0.838. The number of nitrogens with two attached hydrogens (primary N) is 1. The molecule has 13 heavy (non-hydrogen) atoms. The zero-order valence-corrected chi connectivity index (χ0v) is 8.34. The second-order valence-corrected chi connectivity index (χ2v) is 3.46. The lowest BCUT2D eigenvalue weighted by Gasteiger charge is -2.10. The zero-order valence-electron chi connectivity index (χ0n) is 6.75. The van der Waals surface area contributed by atoms with Crippen LogP contribution in [-0.4, -0.2) is 11.4 Å². The van der Waals surface area contributed by atoms with Crippen molar-refractivity contribution in [1.82, 2.24) is 4.98 Å². The predicted molar refractivity (Wildman–Crippen MR) is 49.5 cm³/mol. The van der Waals surface area contributed by atoms with Gasteiger partial charge in [0.05, 0.1) is 0 Å². The van der Waals surface area contributed by atoms with E-state index in [9.17, 15) is 8.78 Å². The van der Waals surface area contributed by atoms with E-state index in [0.717, 1.165) is 0 Å². The first kappa shape index (κ1) is 10.5. The lowest BCUT2D eigenvalue weighted by atomic mass is 10.1. The fraction of sp³-hybridized carbons (Fsp3) is 0.375. The summed E-state index contributed by atoms with van der Waals surface area (Å²) in [6.45, 7) is 0. The Morgan fingerprint density at radius 2 is 2.23 bits per heavy atom. The molecule has 72 valence electrons. The van der Waals surface area contributed by atoms with Crippen LogP contribution in [0, 0.1) is 0 Å². The molecular weight excluding hydrogens is 242 g/mol. The van der Waals surface area contributed by atoms with Crippen molar-refractivity contribution in [2.24, 2.45) is 5.73 Å². The lowest BCUT2D eigenvalue weighted by molar-refractivity contribution is 0.128. The average molecular weight is 251 g/mol. The SMILES string of the molecule is N[C@@H](CC(F)F)c1ccnc(Br)c1. The number of pyridine rings is 1. The van der Waals surface area contributed by atoms with Crippen molar-refractivity contribution in [3.63, 3.8) is 0 Å². The van der Waals surface area contributed by atoms with Gasteiger partial charge in [-0.15, -0.1) is 0 Å². The summed E-state index contributed by atoms with van der Waals surface area (Å²) in [4.78, 5) is 3.87. The lowest BCUT2D eigenvalue weighted by Crippen LogP contribution is -2.13. The molecule has 0 aromatic carbocycles. The van der Waals surface area contributed by atoms with E-state index in [0.29, 0.717) is 10.2 Å². The van der Waals surface area contributed by atoms with E-state index >= 15 is 0 Å². The van der Waals surface area contributed by atoms with Crippen LogP contribution in [0.5, 0.6) is 0 Å². The molecule has 0 fully saturated rings. The molecule has 1 heterocycles. The predicted octanol–water partition coefficient (Wildman–Crippen LogP) is 2.50. The Balaban J connectivity index is 2.71. The van der Waals surface area contributed by atoms with Gasteiger partial charge in [0.2, 0.25) is 6.43 Å². The number of rotatable bonds is 3. The second kappa shape index (κ2) is 4.62. The van der Waals surface area contributed by atoms with Crippen molar-refractivity contribution in [1.29, 1.82) is 0 Å². The summed E-state index contributed by atoms with van der Waals surface area (Å²) in [5.74, 6) is 0. The van der Waals surface area contributed by atoms with Crippen molar-refractivity contribution in [3.8, 4) is 0 Å². The highest BCUT2D eigenvalue weighted by atomic mass is 79.9. The van der Waals surface area contributed by atoms with Crippen molar-refractivity contribution >= 4 is 15.9 Å². The Labute approximate surface area is 83.3 Å². The number of alkyl halides is 2. The third-order valence-electron chi connectivity index (χ3n) is 1.61. The first-order valence-corrected chi connectivity index (χ1v) is 4.54. The van der Waals surface area contributed by atoms with Crippen LogP contribution in [0.3, 0.4) is 0 Å². The van der Waals surface area contributed by atoms with Gasteiger partial charge in [0, 0.05) is 18.7 Å². The third-order valence-corrected chi connectivity index (χ3v) is 2.04. The molecule has 0 amide bonds. The van der Waals surface area contributed by atoms with Crippen LogP contribution in [-0.2, 0) is 0 Å². The Bertz CT molecular complexity index is 281. The number of nitrogens with zero attached hydrogens (tertiary/aromatic N) is 1. The summed E-state index contributed by atoms with van der Waals surface area (Å²) >= 11 is 3.14. The second-order valence-electron chi connectivity index (χ2n) is 2.65. The van der Waals surface area contributed by atoms with Gasteiger partial charge < -0.3 is 5.73 Å². The van der Waals surface area contributed by atoms with Crippen molar-refractivity contribution in [2.45, 2.75) is 18.9 Å². The molecule has 0 saturated carbocycles. The van der Waals surface area contributed by atoms with Gasteiger partial charge in [-0.2, -0.15) is 0 Å². The molecule has 0 aliphatic rings. The molecule has 5 heteroatoms. The molecule has 0 unspecified atom stereocenters. The maximum absolute atomic E-state index is 12.0. The maximum atomic E-state index is 12.0. The Morgan fingerprint density at radius 1 is 1.54 bits per heavy atom. The van der Waals surface area contributed by atoms with Gasteiger partial charge in [-0.3, -0.25) is 0 Å². The highest BCUT2D eigenvalue weighted by Gasteiger charge is 2.12. The first-order chi connectivity index (χ1) is 6.09. The fourth-order valence-electron chi connectivity index (χ4n) is 0.976. The van der Waals surface area contributed by atoms with Gasteiger partial charge in [-0.25, -0.2) is 13.8 Å². The van der Waals surface area contributed by atoms with Crippen molar-refractivity contribution in [2.75, 3.05) is 0 Å². The summed E-state index contributed by atoms with van der Waals surface area (Å²) in [5, 5.41) is 0. The first-order valence-electron chi connectivity index (χ1n) is 3.75. The highest BCUT2D eigenvalue weighted by Crippen LogP contribution is 2.19. The summed E-state index contributed by atoms with van der Waals surface area (Å²) in [6, 6.07) is 2.66. The molecule has 0 saturated heterocycles. The van der Waals surface area contributed by atoms with Gasteiger partial charge in [-0.1, -0.05) is 0 Å². The van der Waals surface area contributed by atoms with E-state index in [1.807, 2.05) is 0 Å². The van der Waals surface area contributed by atoms with Gasteiger partial charge >= 0.3 is 0 Å². The molecule has 0 radical (unpaired) electrons. The van der Waals surface area contributed by atoms with Crippen LogP contribution in [0.1, 0.15) is 18.0 Å². The zero-order chi connectivity index (χ0) is 9.84. The van der Waals surface area contributed by atoms with Crippen LogP contribution in [0.2, 0.25) is 0 Å². The number of halogens is 3. The summed E-state index contributed by atoms with van der Waals surface area (Å²) < 4.78 is 24.5. The molecule has 0 aliphatic carbocycles. The van der Waals surface area contributed by atoms with Crippen LogP contribution in [0.4, 0.5) is 8.78 Å². The summed E-state index contributed by atoms with van der Waals surface area (Å²) in [7, 11) is 0. The number of hydrogen-bond acceptors (Lipinski definition) is 2. The number of aromatic nitrogens is 1. The molecule has 0 bridgehead atoms. The van der Waals surface area contributed by atoms with Gasteiger partial charge in [0.1, 0.15) is 4.60 Å². The molecule has 2 N–H and O–H groups in total. The van der Waals surface area contributed by atoms with E-state index < -0.39 is 12.5 Å². The van der Waals surface area contributed by atoms with Crippen molar-refractivity contribution in [3.05, 3.63) is 28.5 Å². The number of hydrogen-bond donors (Lipinski definition) is 1. The minimum atomic E-state index is -2.37. The highest BCUT2D eigenvalue weighted by molar-refractivity contribution is 9.10. The van der Waals surface area contributed by atoms with Gasteiger partial charge in [0.25, 0.3) is 0 Å². The topological polar surface area (TPSA) is 38.9 Å². The van der Waals surface area contributed by atoms with Gasteiger partial charge in [0.15, 0.2) is 0 Å². The van der Waals surface area contributed by atoms with Gasteiger partial charge in [-0.05, 0) is 33.6 Å². The van der Waals surface area contributed by atoms with Crippen LogP contribution < -0.4 is 5.73 Å². The average Bonchev–Trinajstić information content (AvgIpc) is 2.03. The van der Waals surface area contributed by atoms with E-state index in [4.69, 9.17) is 5.73 Å². The molecule has 0 spiro atoms. The largest absolute Gasteiger partial charge is 0.324 e. The normalized spacial score (nSPS) is 13.3. The summed E-state index contributed by atoms with van der Waals surface area (Å²) in [6.07, 6.45) is -1.16. The third kappa shape index (κ3) is 3.36. The maximum Gasteiger partial charge on any atom is 0.240 e. The van der Waals surface area contributed by atoms with Crippen LogP contribution in [0.15, 0.2) is 22.9 Å².